The van der Waals surface area contributed by atoms with Gasteiger partial charge in [-0.1, -0.05) is 36.7 Å². The largest absolute Gasteiger partial charge is 0.585 e. The molecule has 2 aromatic heterocycles. The topological polar surface area (TPSA) is 100 Å². The lowest BCUT2D eigenvalue weighted by molar-refractivity contribution is 0.484. The van der Waals surface area contributed by atoms with Crippen molar-refractivity contribution in [2.24, 2.45) is 0 Å². The maximum absolute atomic E-state index is 13.1. The van der Waals surface area contributed by atoms with Crippen LogP contribution in [0.3, 0.4) is 0 Å². The average molecular weight is 478 g/mol. The number of fused-ring (bicyclic) bond motifs is 1. The summed E-state index contributed by atoms with van der Waals surface area (Å²) < 4.78 is 49.3. The van der Waals surface area contributed by atoms with Crippen LogP contribution in [0.5, 0.6) is 0 Å². The molecule has 0 fully saturated rings. The van der Waals surface area contributed by atoms with Crippen LogP contribution in [0.2, 0.25) is 5.02 Å². The van der Waals surface area contributed by atoms with Gasteiger partial charge in [0.1, 0.15) is 22.6 Å². The van der Waals surface area contributed by atoms with E-state index in [4.69, 9.17) is 16.0 Å². The molecular weight excluding hydrogens is 458 g/mol. The summed E-state index contributed by atoms with van der Waals surface area (Å²) in [6.45, 7) is 2.79. The summed E-state index contributed by atoms with van der Waals surface area (Å²) in [5.74, 6) is -0.280. The zero-order valence-corrected chi connectivity index (χ0v) is 19.0. The molecule has 0 saturated heterocycles. The number of rotatable bonds is 8. The SMILES string of the molecule is CCCn1cnc(CS(=O)(=O)c2ccc(Cl)cc2N[S+]([O-])c2cc3ccccc3o2)c1. The molecule has 0 aliphatic rings. The van der Waals surface area contributed by atoms with Gasteiger partial charge in [-0.3, -0.25) is 0 Å². The van der Waals surface area contributed by atoms with E-state index in [1.807, 2.05) is 29.7 Å². The number of nitrogens with zero attached hydrogens (tertiary/aromatic N) is 2. The van der Waals surface area contributed by atoms with Gasteiger partial charge in [0, 0.05) is 29.2 Å². The first-order chi connectivity index (χ1) is 14.9. The second kappa shape index (κ2) is 8.96. The summed E-state index contributed by atoms with van der Waals surface area (Å²) in [4.78, 5) is 4.18. The normalized spacial score (nSPS) is 12.9. The lowest BCUT2D eigenvalue weighted by Gasteiger charge is -2.13. The fraction of sp³-hybridized carbons (Fsp3) is 0.190. The van der Waals surface area contributed by atoms with Crippen LogP contribution in [-0.2, 0) is 33.5 Å². The van der Waals surface area contributed by atoms with E-state index in [0.29, 0.717) is 16.3 Å². The number of benzene rings is 2. The molecule has 7 nitrogen and oxygen atoms in total. The number of furan rings is 1. The Morgan fingerprint density at radius 3 is 2.81 bits per heavy atom. The van der Waals surface area contributed by atoms with E-state index in [0.717, 1.165) is 18.4 Å². The minimum absolute atomic E-state index is 0.00796. The average Bonchev–Trinajstić information content (AvgIpc) is 3.34. The van der Waals surface area contributed by atoms with Gasteiger partial charge in [0.25, 0.3) is 0 Å². The van der Waals surface area contributed by atoms with Gasteiger partial charge < -0.3 is 13.5 Å². The molecule has 4 rings (SSSR count). The van der Waals surface area contributed by atoms with Gasteiger partial charge in [-0.05, 0) is 30.7 Å². The van der Waals surface area contributed by atoms with Crippen molar-refractivity contribution in [3.8, 4) is 0 Å². The number of sulfone groups is 1. The number of para-hydroxylation sites is 1. The van der Waals surface area contributed by atoms with E-state index in [-0.39, 0.29) is 21.4 Å². The minimum Gasteiger partial charge on any atom is -0.585 e. The van der Waals surface area contributed by atoms with Gasteiger partial charge in [0.2, 0.25) is 0 Å². The van der Waals surface area contributed by atoms with Gasteiger partial charge in [0.05, 0.1) is 22.7 Å². The second-order valence-corrected chi connectivity index (χ2v) is 10.5. The molecule has 1 unspecified atom stereocenters. The molecule has 2 heterocycles. The van der Waals surface area contributed by atoms with Gasteiger partial charge in [-0.25, -0.2) is 13.4 Å². The van der Waals surface area contributed by atoms with E-state index in [1.54, 1.807) is 24.7 Å². The minimum atomic E-state index is -3.78. The van der Waals surface area contributed by atoms with Crippen molar-refractivity contribution in [2.45, 2.75) is 35.6 Å². The smallest absolute Gasteiger partial charge is 0.339 e. The molecule has 0 aliphatic carbocycles. The van der Waals surface area contributed by atoms with Crippen molar-refractivity contribution in [1.82, 2.24) is 9.55 Å². The lowest BCUT2D eigenvalue weighted by Crippen LogP contribution is -2.16. The Morgan fingerprint density at radius 2 is 2.03 bits per heavy atom. The molecular formula is C21H20ClN3O4S2. The Kier molecular flexibility index (Phi) is 6.29. The quantitative estimate of drug-likeness (QED) is 0.366. The van der Waals surface area contributed by atoms with Crippen molar-refractivity contribution in [3.05, 3.63) is 71.8 Å². The standard InChI is InChI=1S/C21H20ClN3O4S2/c1-2-9-25-12-17(23-14-25)13-31(27,28)20-8-7-16(22)11-18(20)24-30(26)21-10-15-5-3-4-6-19(15)29-21/h3-8,10-12,14,24H,2,9,13H2,1H3. The van der Waals surface area contributed by atoms with Gasteiger partial charge in [0.15, 0.2) is 9.84 Å². The Morgan fingerprint density at radius 1 is 1.23 bits per heavy atom. The molecule has 0 spiro atoms. The van der Waals surface area contributed by atoms with E-state index in [2.05, 4.69) is 9.71 Å². The fourth-order valence-corrected chi connectivity index (χ4v) is 5.71. The van der Waals surface area contributed by atoms with Crippen molar-refractivity contribution in [1.29, 1.82) is 0 Å². The molecule has 2 aromatic carbocycles. The van der Waals surface area contributed by atoms with Crippen LogP contribution < -0.4 is 4.72 Å². The number of nitrogens with one attached hydrogen (secondary N) is 1. The second-order valence-electron chi connectivity index (χ2n) is 6.98. The van der Waals surface area contributed by atoms with Crippen LogP contribution in [0, 0.1) is 0 Å². The summed E-state index contributed by atoms with van der Waals surface area (Å²) in [5, 5.41) is 1.30. The maximum atomic E-state index is 13.1. The Labute approximate surface area is 188 Å². The van der Waals surface area contributed by atoms with Crippen LogP contribution in [0.1, 0.15) is 19.0 Å². The molecule has 0 radical (unpaired) electrons. The van der Waals surface area contributed by atoms with Crippen molar-refractivity contribution in [2.75, 3.05) is 4.72 Å². The number of halogens is 1. The van der Waals surface area contributed by atoms with E-state index >= 15 is 0 Å². The van der Waals surface area contributed by atoms with Crippen LogP contribution in [0.4, 0.5) is 5.69 Å². The molecule has 162 valence electrons. The van der Waals surface area contributed by atoms with E-state index in [1.165, 1.54) is 18.2 Å². The van der Waals surface area contributed by atoms with Crippen molar-refractivity contribution < 1.29 is 17.4 Å². The highest BCUT2D eigenvalue weighted by Gasteiger charge is 2.25. The summed E-state index contributed by atoms with van der Waals surface area (Å²) in [6.07, 6.45) is 4.25. The zero-order valence-electron chi connectivity index (χ0n) is 16.6. The summed E-state index contributed by atoms with van der Waals surface area (Å²) in [7, 11) is -3.78. The third kappa shape index (κ3) is 4.90. The van der Waals surface area contributed by atoms with E-state index in [9.17, 15) is 13.0 Å². The number of aryl methyl sites for hydroxylation is 1. The van der Waals surface area contributed by atoms with Crippen LogP contribution in [0.15, 0.2) is 75.5 Å². The Balaban J connectivity index is 1.61. The monoisotopic (exact) mass is 477 g/mol. The fourth-order valence-electron chi connectivity index (χ4n) is 3.19. The molecule has 0 bridgehead atoms. The molecule has 0 aliphatic heterocycles. The highest BCUT2D eigenvalue weighted by atomic mass is 35.5. The van der Waals surface area contributed by atoms with Crippen LogP contribution in [0.25, 0.3) is 11.0 Å². The molecule has 31 heavy (non-hydrogen) atoms. The predicted molar refractivity (Wildman–Crippen MR) is 121 cm³/mol. The number of aromatic nitrogens is 2. The summed E-state index contributed by atoms with van der Waals surface area (Å²) in [5.41, 5.74) is 1.17. The van der Waals surface area contributed by atoms with Gasteiger partial charge >= 0.3 is 5.09 Å². The highest BCUT2D eigenvalue weighted by Crippen LogP contribution is 2.31. The molecule has 1 atom stereocenters. The van der Waals surface area contributed by atoms with Gasteiger partial charge in [-0.2, -0.15) is 4.72 Å². The molecule has 0 saturated carbocycles. The zero-order chi connectivity index (χ0) is 22.0. The first-order valence-electron chi connectivity index (χ1n) is 9.55. The third-order valence-corrected chi connectivity index (χ3v) is 7.48. The molecule has 0 amide bonds. The van der Waals surface area contributed by atoms with Crippen LogP contribution in [-0.4, -0.2) is 22.5 Å². The maximum Gasteiger partial charge on any atom is 0.339 e. The Hall–Kier alpha value is -2.46. The van der Waals surface area contributed by atoms with E-state index < -0.39 is 21.2 Å². The number of hydrogen-bond donors (Lipinski definition) is 1. The first-order valence-corrected chi connectivity index (χ1v) is 12.7. The lowest BCUT2D eigenvalue weighted by atomic mass is 10.3. The van der Waals surface area contributed by atoms with Gasteiger partial charge in [-0.15, -0.1) is 0 Å². The number of imidazole rings is 1. The number of hydrogen-bond acceptors (Lipinski definition) is 6. The van der Waals surface area contributed by atoms with Crippen molar-refractivity contribution >= 4 is 49.5 Å². The predicted octanol–water partition coefficient (Wildman–Crippen LogP) is 4.80. The Bertz CT molecular complexity index is 1280. The molecule has 10 heteroatoms. The highest BCUT2D eigenvalue weighted by molar-refractivity contribution is 7.93. The summed E-state index contributed by atoms with van der Waals surface area (Å²) >= 11 is 4.26. The number of anilines is 1. The first kappa shape index (κ1) is 21.8. The van der Waals surface area contributed by atoms with Crippen LogP contribution >= 0.6 is 11.6 Å². The third-order valence-electron chi connectivity index (χ3n) is 4.57. The molecule has 4 aromatic rings. The molecule has 1 N–H and O–H groups in total. The summed E-state index contributed by atoms with van der Waals surface area (Å²) in [6, 6.07) is 13.2. The van der Waals surface area contributed by atoms with Crippen molar-refractivity contribution in [3.63, 3.8) is 0 Å².